The first-order valence-corrected chi connectivity index (χ1v) is 8.49. The van der Waals surface area contributed by atoms with Gasteiger partial charge >= 0.3 is 7.12 Å². The van der Waals surface area contributed by atoms with Crippen LogP contribution in [-0.4, -0.2) is 52.9 Å². The van der Waals surface area contributed by atoms with Crippen molar-refractivity contribution in [2.24, 2.45) is 0 Å². The summed E-state index contributed by atoms with van der Waals surface area (Å²) in [5.41, 5.74) is 0.00675. The quantitative estimate of drug-likeness (QED) is 0.529. The summed E-state index contributed by atoms with van der Waals surface area (Å²) in [6.07, 6.45) is 0.780. The molecule has 0 spiro atoms. The monoisotopic (exact) mass is 352 g/mol. The minimum atomic E-state index is -0.494. The van der Waals surface area contributed by atoms with Crippen LogP contribution in [0.25, 0.3) is 0 Å². The molecule has 1 saturated heterocycles. The van der Waals surface area contributed by atoms with E-state index in [4.69, 9.17) is 28.3 Å². The van der Waals surface area contributed by atoms with Crippen molar-refractivity contribution in [3.8, 4) is 17.2 Å². The van der Waals surface area contributed by atoms with Gasteiger partial charge < -0.3 is 28.3 Å². The van der Waals surface area contributed by atoms with Crippen molar-refractivity contribution in [3.63, 3.8) is 0 Å². The van der Waals surface area contributed by atoms with E-state index in [0.29, 0.717) is 30.5 Å². The highest BCUT2D eigenvalue weighted by molar-refractivity contribution is 6.62. The van der Waals surface area contributed by atoms with Gasteiger partial charge in [-0.05, 0) is 45.3 Å². The summed E-state index contributed by atoms with van der Waals surface area (Å²) in [5, 5.41) is 0. The molecule has 1 aromatic rings. The number of hydrogen-bond donors (Lipinski definition) is 0. The molecule has 0 atom stereocenters. The zero-order chi connectivity index (χ0) is 18.7. The van der Waals surface area contributed by atoms with Crippen molar-refractivity contribution in [2.45, 2.75) is 45.3 Å². The lowest BCUT2D eigenvalue weighted by Gasteiger charge is -2.32. The van der Waals surface area contributed by atoms with Crippen molar-refractivity contribution >= 4 is 12.6 Å². The molecule has 1 aliphatic rings. The predicted octanol–water partition coefficient (Wildman–Crippen LogP) is 2.42. The van der Waals surface area contributed by atoms with Crippen LogP contribution in [0.5, 0.6) is 17.2 Å². The van der Waals surface area contributed by atoms with Gasteiger partial charge in [-0.25, -0.2) is 0 Å². The number of hydrogen-bond acceptors (Lipinski definition) is 6. The summed E-state index contributed by atoms with van der Waals surface area (Å²) in [5.74, 6) is 1.74. The normalized spacial score (nSPS) is 18.3. The molecule has 1 fully saturated rings. The Morgan fingerprint density at radius 1 is 0.880 bits per heavy atom. The van der Waals surface area contributed by atoms with E-state index in [9.17, 15) is 0 Å². The second-order valence-corrected chi connectivity index (χ2v) is 7.04. The van der Waals surface area contributed by atoms with Gasteiger partial charge in [-0.1, -0.05) is 0 Å². The maximum absolute atomic E-state index is 6.13. The standard InChI is InChI=1S/C18H29BO6/c1-17(2)18(3,4)25-19(24-17)13-11-14(21-6)16(22-7)15(12-13)23-10-8-9-20-5/h11-12H,8-10H2,1-7H3. The molecular weight excluding hydrogens is 323 g/mol. The average molecular weight is 352 g/mol. The fraction of sp³-hybridized carbons (Fsp3) is 0.667. The van der Waals surface area contributed by atoms with Gasteiger partial charge in [0.05, 0.1) is 32.0 Å². The molecule has 1 aromatic carbocycles. The Hall–Kier alpha value is -1.44. The van der Waals surface area contributed by atoms with Crippen LogP contribution in [0.4, 0.5) is 0 Å². The molecule has 2 rings (SSSR count). The third kappa shape index (κ3) is 4.22. The van der Waals surface area contributed by atoms with E-state index >= 15 is 0 Å². The minimum Gasteiger partial charge on any atom is -0.493 e. The van der Waals surface area contributed by atoms with Gasteiger partial charge in [-0.3, -0.25) is 0 Å². The summed E-state index contributed by atoms with van der Waals surface area (Å²) in [6.45, 7) is 9.24. The summed E-state index contributed by atoms with van der Waals surface area (Å²) in [7, 11) is 4.36. The molecular formula is C18H29BO6. The van der Waals surface area contributed by atoms with Crippen LogP contribution in [-0.2, 0) is 14.0 Å². The molecule has 0 amide bonds. The maximum Gasteiger partial charge on any atom is 0.495 e. The zero-order valence-corrected chi connectivity index (χ0v) is 16.3. The Morgan fingerprint density at radius 3 is 2.00 bits per heavy atom. The summed E-state index contributed by atoms with van der Waals surface area (Å²) < 4.78 is 34.1. The van der Waals surface area contributed by atoms with E-state index in [1.54, 1.807) is 21.3 Å². The van der Waals surface area contributed by atoms with Crippen molar-refractivity contribution in [1.82, 2.24) is 0 Å². The van der Waals surface area contributed by atoms with Gasteiger partial charge in [-0.2, -0.15) is 0 Å². The molecule has 140 valence electrons. The predicted molar refractivity (Wildman–Crippen MR) is 97.3 cm³/mol. The van der Waals surface area contributed by atoms with Gasteiger partial charge in [-0.15, -0.1) is 0 Å². The first-order valence-electron chi connectivity index (χ1n) is 8.49. The second kappa shape index (κ2) is 7.85. The van der Waals surface area contributed by atoms with Crippen LogP contribution < -0.4 is 19.7 Å². The molecule has 6 nitrogen and oxygen atoms in total. The average Bonchev–Trinajstić information content (AvgIpc) is 2.78. The molecule has 25 heavy (non-hydrogen) atoms. The molecule has 1 heterocycles. The van der Waals surface area contributed by atoms with Gasteiger partial charge in [0.25, 0.3) is 0 Å². The highest BCUT2D eigenvalue weighted by Gasteiger charge is 2.52. The van der Waals surface area contributed by atoms with Gasteiger partial charge in [0.2, 0.25) is 5.75 Å². The highest BCUT2D eigenvalue weighted by Crippen LogP contribution is 2.40. The smallest absolute Gasteiger partial charge is 0.493 e. The van der Waals surface area contributed by atoms with Crippen molar-refractivity contribution in [1.29, 1.82) is 0 Å². The largest absolute Gasteiger partial charge is 0.495 e. The molecule has 7 heteroatoms. The number of ether oxygens (including phenoxy) is 4. The van der Waals surface area contributed by atoms with E-state index in [0.717, 1.165) is 11.9 Å². The Kier molecular flexibility index (Phi) is 6.24. The van der Waals surface area contributed by atoms with Crippen molar-refractivity contribution in [2.75, 3.05) is 34.5 Å². The summed E-state index contributed by atoms with van der Waals surface area (Å²) in [6, 6.07) is 3.75. The first-order chi connectivity index (χ1) is 11.8. The number of rotatable bonds is 8. The molecule has 0 aliphatic carbocycles. The second-order valence-electron chi connectivity index (χ2n) is 7.04. The molecule has 0 aromatic heterocycles. The number of methoxy groups -OCH3 is 3. The summed E-state index contributed by atoms with van der Waals surface area (Å²) in [4.78, 5) is 0. The Bertz CT molecular complexity index is 571. The lowest BCUT2D eigenvalue weighted by Crippen LogP contribution is -2.41. The topological polar surface area (TPSA) is 55.4 Å². The van der Waals surface area contributed by atoms with E-state index in [1.807, 2.05) is 39.8 Å². The van der Waals surface area contributed by atoms with E-state index in [2.05, 4.69) is 0 Å². The minimum absolute atomic E-state index is 0.412. The fourth-order valence-corrected chi connectivity index (χ4v) is 2.56. The first kappa shape index (κ1) is 19.9. The van der Waals surface area contributed by atoms with Gasteiger partial charge in [0, 0.05) is 20.1 Å². The molecule has 0 unspecified atom stereocenters. The highest BCUT2D eigenvalue weighted by atomic mass is 16.7. The SMILES string of the molecule is COCCCOc1cc(B2OC(C)(C)C(C)(C)O2)cc(OC)c1OC. The lowest BCUT2D eigenvalue weighted by molar-refractivity contribution is 0.00578. The molecule has 0 saturated carbocycles. The third-order valence-corrected chi connectivity index (χ3v) is 4.74. The van der Waals surface area contributed by atoms with Crippen LogP contribution in [0.2, 0.25) is 0 Å². The molecule has 0 radical (unpaired) electrons. The van der Waals surface area contributed by atoms with Gasteiger partial charge in [0.15, 0.2) is 11.5 Å². The van der Waals surface area contributed by atoms with E-state index in [-0.39, 0.29) is 0 Å². The zero-order valence-electron chi connectivity index (χ0n) is 16.3. The Labute approximate surface area is 150 Å². The Morgan fingerprint density at radius 2 is 1.48 bits per heavy atom. The maximum atomic E-state index is 6.13. The fourth-order valence-electron chi connectivity index (χ4n) is 2.56. The number of benzene rings is 1. The van der Waals surface area contributed by atoms with Gasteiger partial charge in [0.1, 0.15) is 0 Å². The third-order valence-electron chi connectivity index (χ3n) is 4.74. The van der Waals surface area contributed by atoms with Crippen molar-refractivity contribution in [3.05, 3.63) is 12.1 Å². The Balaban J connectivity index is 2.30. The van der Waals surface area contributed by atoms with Crippen LogP contribution in [0.15, 0.2) is 12.1 Å². The van der Waals surface area contributed by atoms with Crippen LogP contribution in [0.3, 0.4) is 0 Å². The van der Waals surface area contributed by atoms with Crippen LogP contribution in [0.1, 0.15) is 34.1 Å². The van der Waals surface area contributed by atoms with Crippen LogP contribution in [0, 0.1) is 0 Å². The molecule has 0 N–H and O–H groups in total. The lowest BCUT2D eigenvalue weighted by atomic mass is 9.78. The van der Waals surface area contributed by atoms with Crippen molar-refractivity contribution < 1.29 is 28.3 Å². The van der Waals surface area contributed by atoms with E-state index in [1.165, 1.54) is 0 Å². The summed E-state index contributed by atoms with van der Waals surface area (Å²) >= 11 is 0. The molecule has 0 bridgehead atoms. The van der Waals surface area contributed by atoms with Crippen LogP contribution >= 0.6 is 0 Å². The van der Waals surface area contributed by atoms with E-state index < -0.39 is 18.3 Å². The molecule has 1 aliphatic heterocycles.